The summed E-state index contributed by atoms with van der Waals surface area (Å²) in [5.41, 5.74) is 5.81. The molecule has 0 aliphatic carbocycles. The number of hydrogen-bond acceptors (Lipinski definition) is 3. The number of nitrogens with zero attached hydrogens (tertiary/aromatic N) is 2. The smallest absolute Gasteiger partial charge is 0.0128 e. The van der Waals surface area contributed by atoms with Crippen LogP contribution in [0.3, 0.4) is 0 Å². The Morgan fingerprint density at radius 1 is 1.00 bits per heavy atom. The minimum atomic E-state index is 0.788. The van der Waals surface area contributed by atoms with Gasteiger partial charge in [0.1, 0.15) is 0 Å². The van der Waals surface area contributed by atoms with Crippen molar-refractivity contribution in [2.75, 3.05) is 20.1 Å². The standard InChI is InChI=1S/C15H29N3/c1-17-13-5-6-14(17)11-15(10-13)18-9-3-2-4-12(18)7-8-16/h12-15H,2-11,16H2,1H3. The van der Waals surface area contributed by atoms with Crippen LogP contribution in [0.1, 0.15) is 51.4 Å². The van der Waals surface area contributed by atoms with E-state index < -0.39 is 0 Å². The van der Waals surface area contributed by atoms with E-state index in [-0.39, 0.29) is 0 Å². The van der Waals surface area contributed by atoms with Gasteiger partial charge in [0.2, 0.25) is 0 Å². The predicted octanol–water partition coefficient (Wildman–Crippen LogP) is 1.81. The van der Waals surface area contributed by atoms with Crippen molar-refractivity contribution in [2.24, 2.45) is 5.73 Å². The molecule has 18 heavy (non-hydrogen) atoms. The van der Waals surface area contributed by atoms with E-state index in [2.05, 4.69) is 16.8 Å². The molecular weight excluding hydrogens is 222 g/mol. The molecule has 3 fully saturated rings. The summed E-state index contributed by atoms with van der Waals surface area (Å²) in [4.78, 5) is 5.49. The fourth-order valence-electron chi connectivity index (χ4n) is 4.66. The van der Waals surface area contributed by atoms with Crippen LogP contribution >= 0.6 is 0 Å². The van der Waals surface area contributed by atoms with Gasteiger partial charge in [-0.2, -0.15) is 0 Å². The van der Waals surface area contributed by atoms with Crippen molar-refractivity contribution in [3.63, 3.8) is 0 Å². The highest BCUT2D eigenvalue weighted by atomic mass is 15.3. The molecule has 104 valence electrons. The van der Waals surface area contributed by atoms with Crippen molar-refractivity contribution in [3.05, 3.63) is 0 Å². The van der Waals surface area contributed by atoms with Crippen molar-refractivity contribution in [1.82, 2.24) is 9.80 Å². The van der Waals surface area contributed by atoms with Crippen LogP contribution in [0.5, 0.6) is 0 Å². The first-order chi connectivity index (χ1) is 8.79. The average Bonchev–Trinajstić information content (AvgIpc) is 2.63. The molecule has 0 saturated carbocycles. The zero-order valence-corrected chi connectivity index (χ0v) is 11.9. The zero-order valence-electron chi connectivity index (χ0n) is 11.9. The van der Waals surface area contributed by atoms with E-state index in [0.717, 1.165) is 30.7 Å². The summed E-state index contributed by atoms with van der Waals surface area (Å²) in [5, 5.41) is 0. The molecule has 3 nitrogen and oxygen atoms in total. The number of hydrogen-bond donors (Lipinski definition) is 1. The highest BCUT2D eigenvalue weighted by Gasteiger charge is 2.41. The van der Waals surface area contributed by atoms with Gasteiger partial charge in [0.25, 0.3) is 0 Å². The van der Waals surface area contributed by atoms with Crippen molar-refractivity contribution >= 4 is 0 Å². The monoisotopic (exact) mass is 251 g/mol. The maximum absolute atomic E-state index is 5.81. The molecule has 3 atom stereocenters. The van der Waals surface area contributed by atoms with E-state index in [4.69, 9.17) is 5.73 Å². The van der Waals surface area contributed by atoms with Gasteiger partial charge in [-0.15, -0.1) is 0 Å². The largest absolute Gasteiger partial charge is 0.330 e. The summed E-state index contributed by atoms with van der Waals surface area (Å²) in [7, 11) is 2.34. The topological polar surface area (TPSA) is 32.5 Å². The van der Waals surface area contributed by atoms with Crippen LogP contribution in [-0.2, 0) is 0 Å². The van der Waals surface area contributed by atoms with Gasteiger partial charge < -0.3 is 10.6 Å². The minimum Gasteiger partial charge on any atom is -0.330 e. The third-order valence-corrected chi connectivity index (χ3v) is 5.71. The normalized spacial score (nSPS) is 42.3. The Morgan fingerprint density at radius 2 is 1.72 bits per heavy atom. The van der Waals surface area contributed by atoms with Crippen LogP contribution in [0.25, 0.3) is 0 Å². The predicted molar refractivity (Wildman–Crippen MR) is 75.6 cm³/mol. The maximum Gasteiger partial charge on any atom is 0.0128 e. The van der Waals surface area contributed by atoms with Gasteiger partial charge in [0.05, 0.1) is 0 Å². The van der Waals surface area contributed by atoms with Crippen LogP contribution in [0.15, 0.2) is 0 Å². The Labute approximate surface area is 112 Å². The molecule has 3 aliphatic heterocycles. The first kappa shape index (κ1) is 12.9. The number of fused-ring (bicyclic) bond motifs is 2. The summed E-state index contributed by atoms with van der Waals surface area (Å²) in [5.74, 6) is 0. The number of likely N-dealkylation sites (tertiary alicyclic amines) is 1. The van der Waals surface area contributed by atoms with Crippen molar-refractivity contribution in [2.45, 2.75) is 75.5 Å². The first-order valence-electron chi connectivity index (χ1n) is 7.97. The van der Waals surface area contributed by atoms with Gasteiger partial charge in [0, 0.05) is 24.2 Å². The second-order valence-electron chi connectivity index (χ2n) is 6.64. The second-order valence-corrected chi connectivity index (χ2v) is 6.64. The Kier molecular flexibility index (Phi) is 3.92. The highest BCUT2D eigenvalue weighted by Crippen LogP contribution is 2.38. The van der Waals surface area contributed by atoms with Gasteiger partial charge in [-0.3, -0.25) is 4.90 Å². The van der Waals surface area contributed by atoms with Crippen LogP contribution in [0, 0.1) is 0 Å². The summed E-state index contributed by atoms with van der Waals surface area (Å²) in [6.45, 7) is 2.19. The molecular formula is C15H29N3. The molecule has 0 radical (unpaired) electrons. The van der Waals surface area contributed by atoms with Gasteiger partial charge in [0.15, 0.2) is 0 Å². The van der Waals surface area contributed by atoms with E-state index in [9.17, 15) is 0 Å². The van der Waals surface area contributed by atoms with Crippen molar-refractivity contribution in [1.29, 1.82) is 0 Å². The second kappa shape index (κ2) is 5.48. The molecule has 0 amide bonds. The molecule has 2 bridgehead atoms. The first-order valence-corrected chi connectivity index (χ1v) is 7.97. The van der Waals surface area contributed by atoms with Gasteiger partial charge in [-0.05, 0) is 65.1 Å². The molecule has 3 heterocycles. The molecule has 3 rings (SSSR count). The quantitative estimate of drug-likeness (QED) is 0.830. The molecule has 3 unspecified atom stereocenters. The van der Waals surface area contributed by atoms with Crippen molar-refractivity contribution in [3.8, 4) is 0 Å². The Bertz CT molecular complexity index is 265. The Balaban J connectivity index is 1.66. The molecule has 0 spiro atoms. The lowest BCUT2D eigenvalue weighted by molar-refractivity contribution is 0.0279. The average molecular weight is 251 g/mol. The van der Waals surface area contributed by atoms with Gasteiger partial charge in [-0.1, -0.05) is 6.42 Å². The summed E-state index contributed by atoms with van der Waals surface area (Å²) >= 11 is 0. The van der Waals surface area contributed by atoms with E-state index in [1.807, 2.05) is 0 Å². The van der Waals surface area contributed by atoms with Crippen LogP contribution in [-0.4, -0.2) is 54.1 Å². The molecule has 0 aromatic carbocycles. The van der Waals surface area contributed by atoms with E-state index in [1.165, 1.54) is 57.9 Å². The van der Waals surface area contributed by atoms with Crippen LogP contribution in [0.4, 0.5) is 0 Å². The summed E-state index contributed by atoms with van der Waals surface area (Å²) in [6.07, 6.45) is 11.1. The molecule has 3 heteroatoms. The third-order valence-electron chi connectivity index (χ3n) is 5.71. The van der Waals surface area contributed by atoms with Gasteiger partial charge >= 0.3 is 0 Å². The third kappa shape index (κ3) is 2.33. The number of piperidine rings is 2. The van der Waals surface area contributed by atoms with Gasteiger partial charge in [-0.25, -0.2) is 0 Å². The van der Waals surface area contributed by atoms with Crippen molar-refractivity contribution < 1.29 is 0 Å². The molecule has 3 saturated heterocycles. The van der Waals surface area contributed by atoms with Crippen LogP contribution < -0.4 is 5.73 Å². The fourth-order valence-corrected chi connectivity index (χ4v) is 4.66. The van der Waals surface area contributed by atoms with Crippen LogP contribution in [0.2, 0.25) is 0 Å². The zero-order chi connectivity index (χ0) is 12.5. The highest BCUT2D eigenvalue weighted by molar-refractivity contribution is 4.98. The fraction of sp³-hybridized carbons (Fsp3) is 1.00. The van der Waals surface area contributed by atoms with E-state index in [0.29, 0.717) is 0 Å². The summed E-state index contributed by atoms with van der Waals surface area (Å²) in [6, 6.07) is 3.38. The van der Waals surface area contributed by atoms with E-state index in [1.54, 1.807) is 0 Å². The Morgan fingerprint density at radius 3 is 2.39 bits per heavy atom. The molecule has 0 aromatic heterocycles. The lowest BCUT2D eigenvalue weighted by Crippen LogP contribution is -2.53. The molecule has 3 aliphatic rings. The lowest BCUT2D eigenvalue weighted by Gasteiger charge is -2.46. The Hall–Kier alpha value is -0.120. The maximum atomic E-state index is 5.81. The molecule has 0 aromatic rings. The SMILES string of the molecule is CN1C2CCC1CC(N1CCCCC1CCN)C2. The van der Waals surface area contributed by atoms with E-state index >= 15 is 0 Å². The summed E-state index contributed by atoms with van der Waals surface area (Å²) < 4.78 is 0. The number of nitrogens with two attached hydrogens (primary N) is 1. The molecule has 2 N–H and O–H groups in total. The number of rotatable bonds is 3. The minimum absolute atomic E-state index is 0.788. The lowest BCUT2D eigenvalue weighted by atomic mass is 9.90.